The number of ether oxygens (including phenoxy) is 3. The van der Waals surface area contributed by atoms with Crippen molar-refractivity contribution in [3.8, 4) is 17.2 Å². The lowest BCUT2D eigenvalue weighted by atomic mass is 9.98. The standard InChI is InChI=1S/C23H30N4O3/c1-28-20-12-22(30-3)21(29-2)10-15(20)14-27-16-6-7-19(27)17-13-24-23(25-18(17)11-16)26-8-4-5-9-26/h10,12-13,16,19H,4-9,11,14H2,1-3H3/t16-,19-/m0/s1. The van der Waals surface area contributed by atoms with Crippen LogP contribution in [0.4, 0.5) is 5.95 Å². The summed E-state index contributed by atoms with van der Waals surface area (Å²) < 4.78 is 16.6. The molecule has 1 aromatic heterocycles. The highest BCUT2D eigenvalue weighted by atomic mass is 16.5. The highest BCUT2D eigenvalue weighted by molar-refractivity contribution is 5.51. The zero-order valence-corrected chi connectivity index (χ0v) is 18.1. The summed E-state index contributed by atoms with van der Waals surface area (Å²) in [4.78, 5) is 14.6. The number of rotatable bonds is 6. The summed E-state index contributed by atoms with van der Waals surface area (Å²) in [6.07, 6.45) is 7.90. The molecule has 160 valence electrons. The lowest BCUT2D eigenvalue weighted by Crippen LogP contribution is -2.38. The Morgan fingerprint density at radius 3 is 2.43 bits per heavy atom. The van der Waals surface area contributed by atoms with Crippen molar-refractivity contribution in [1.82, 2.24) is 14.9 Å². The number of anilines is 1. The summed E-state index contributed by atoms with van der Waals surface area (Å²) in [5, 5.41) is 0. The average molecular weight is 411 g/mol. The van der Waals surface area contributed by atoms with E-state index in [1.807, 2.05) is 12.1 Å². The molecule has 0 spiro atoms. The summed E-state index contributed by atoms with van der Waals surface area (Å²) >= 11 is 0. The van der Waals surface area contributed by atoms with Gasteiger partial charge in [0.15, 0.2) is 11.5 Å². The van der Waals surface area contributed by atoms with Gasteiger partial charge in [0.25, 0.3) is 0 Å². The minimum Gasteiger partial charge on any atom is -0.496 e. The molecule has 2 aromatic rings. The van der Waals surface area contributed by atoms with Crippen LogP contribution in [0.25, 0.3) is 0 Å². The van der Waals surface area contributed by atoms with E-state index >= 15 is 0 Å². The SMILES string of the molecule is COc1cc(OC)c(OC)cc1CN1[C@H]2CC[C@H]1c1cnc(N3CCCC3)nc1C2. The van der Waals surface area contributed by atoms with E-state index in [0.717, 1.165) is 55.5 Å². The molecule has 4 heterocycles. The Hall–Kier alpha value is -2.54. The van der Waals surface area contributed by atoms with Crippen molar-refractivity contribution in [2.24, 2.45) is 0 Å². The Bertz CT molecular complexity index is 929. The van der Waals surface area contributed by atoms with E-state index in [1.165, 1.54) is 30.5 Å². The second-order valence-electron chi connectivity index (χ2n) is 8.41. The molecule has 3 aliphatic heterocycles. The lowest BCUT2D eigenvalue weighted by Gasteiger charge is -2.36. The monoisotopic (exact) mass is 410 g/mol. The van der Waals surface area contributed by atoms with Crippen LogP contribution >= 0.6 is 0 Å². The molecule has 0 N–H and O–H groups in total. The van der Waals surface area contributed by atoms with Crippen LogP contribution in [0.15, 0.2) is 18.3 Å². The molecule has 30 heavy (non-hydrogen) atoms. The summed E-state index contributed by atoms with van der Waals surface area (Å²) in [7, 11) is 5.03. The van der Waals surface area contributed by atoms with Crippen molar-refractivity contribution >= 4 is 5.95 Å². The molecule has 3 aliphatic rings. The molecular formula is C23H30N4O3. The molecule has 7 nitrogen and oxygen atoms in total. The maximum atomic E-state index is 5.67. The van der Waals surface area contributed by atoms with Gasteiger partial charge in [-0.15, -0.1) is 0 Å². The third-order valence-corrected chi connectivity index (χ3v) is 6.85. The zero-order valence-electron chi connectivity index (χ0n) is 18.1. The summed E-state index contributed by atoms with van der Waals surface area (Å²) in [6.45, 7) is 2.97. The molecule has 0 saturated carbocycles. The topological polar surface area (TPSA) is 60.0 Å². The first-order valence-corrected chi connectivity index (χ1v) is 10.9. The van der Waals surface area contributed by atoms with Crippen molar-refractivity contribution in [2.75, 3.05) is 39.3 Å². The number of hydrogen-bond acceptors (Lipinski definition) is 7. The fraction of sp³-hybridized carbons (Fsp3) is 0.565. The Morgan fingerprint density at radius 1 is 0.967 bits per heavy atom. The van der Waals surface area contributed by atoms with Gasteiger partial charge < -0.3 is 19.1 Å². The molecule has 2 saturated heterocycles. The van der Waals surface area contributed by atoms with Crippen LogP contribution in [0.1, 0.15) is 48.5 Å². The van der Waals surface area contributed by atoms with E-state index < -0.39 is 0 Å². The molecule has 1 aromatic carbocycles. The predicted molar refractivity (Wildman–Crippen MR) is 115 cm³/mol. The first kappa shape index (κ1) is 19.4. The molecular weight excluding hydrogens is 380 g/mol. The molecule has 0 aliphatic carbocycles. The quantitative estimate of drug-likeness (QED) is 0.724. The van der Waals surface area contributed by atoms with E-state index in [4.69, 9.17) is 24.2 Å². The van der Waals surface area contributed by atoms with E-state index in [0.29, 0.717) is 17.8 Å². The predicted octanol–water partition coefficient (Wildman–Crippen LogP) is 3.36. The third-order valence-electron chi connectivity index (χ3n) is 6.85. The maximum absolute atomic E-state index is 5.67. The minimum atomic E-state index is 0.365. The number of nitrogens with zero attached hydrogens (tertiary/aromatic N) is 4. The van der Waals surface area contributed by atoms with Crippen LogP contribution < -0.4 is 19.1 Å². The average Bonchev–Trinajstić information content (AvgIpc) is 3.40. The van der Waals surface area contributed by atoms with E-state index in [9.17, 15) is 0 Å². The van der Waals surface area contributed by atoms with Gasteiger partial charge in [-0.25, -0.2) is 9.97 Å². The molecule has 0 unspecified atom stereocenters. The molecule has 2 bridgehead atoms. The summed E-state index contributed by atoms with van der Waals surface area (Å²) in [5.74, 6) is 3.17. The van der Waals surface area contributed by atoms with Gasteiger partial charge in [0.2, 0.25) is 5.95 Å². The molecule has 7 heteroatoms. The van der Waals surface area contributed by atoms with Crippen molar-refractivity contribution in [1.29, 1.82) is 0 Å². The van der Waals surface area contributed by atoms with Gasteiger partial charge in [-0.2, -0.15) is 0 Å². The van der Waals surface area contributed by atoms with Crippen molar-refractivity contribution in [2.45, 2.75) is 50.7 Å². The van der Waals surface area contributed by atoms with Gasteiger partial charge in [-0.3, -0.25) is 4.90 Å². The van der Waals surface area contributed by atoms with Gasteiger partial charge in [0.1, 0.15) is 5.75 Å². The van der Waals surface area contributed by atoms with Gasteiger partial charge in [-0.1, -0.05) is 0 Å². The van der Waals surface area contributed by atoms with Crippen LogP contribution in [0.2, 0.25) is 0 Å². The number of methoxy groups -OCH3 is 3. The summed E-state index contributed by atoms with van der Waals surface area (Å²) in [6, 6.07) is 4.82. The van der Waals surface area contributed by atoms with Crippen molar-refractivity contribution in [3.05, 3.63) is 35.2 Å². The van der Waals surface area contributed by atoms with Gasteiger partial charge in [0.05, 0.1) is 27.0 Å². The number of hydrogen-bond donors (Lipinski definition) is 0. The van der Waals surface area contributed by atoms with E-state index in [2.05, 4.69) is 16.0 Å². The van der Waals surface area contributed by atoms with Crippen LogP contribution in [-0.4, -0.2) is 55.3 Å². The Labute approximate surface area is 178 Å². The molecule has 0 radical (unpaired) electrons. The van der Waals surface area contributed by atoms with Gasteiger partial charge in [0, 0.05) is 61.5 Å². The third kappa shape index (κ3) is 3.25. The highest BCUT2D eigenvalue weighted by Crippen LogP contribution is 2.45. The van der Waals surface area contributed by atoms with Crippen LogP contribution in [0.5, 0.6) is 17.2 Å². The Balaban J connectivity index is 1.43. The Morgan fingerprint density at radius 2 is 1.70 bits per heavy atom. The van der Waals surface area contributed by atoms with Gasteiger partial charge in [-0.05, 0) is 31.7 Å². The van der Waals surface area contributed by atoms with E-state index in [-0.39, 0.29) is 0 Å². The number of benzene rings is 1. The van der Waals surface area contributed by atoms with Crippen molar-refractivity contribution < 1.29 is 14.2 Å². The number of fused-ring (bicyclic) bond motifs is 4. The smallest absolute Gasteiger partial charge is 0.225 e. The Kier molecular flexibility index (Phi) is 5.15. The summed E-state index contributed by atoms with van der Waals surface area (Å²) in [5.41, 5.74) is 3.66. The minimum absolute atomic E-state index is 0.365. The second kappa shape index (κ2) is 7.95. The molecule has 0 amide bonds. The maximum Gasteiger partial charge on any atom is 0.225 e. The second-order valence-corrected chi connectivity index (χ2v) is 8.41. The molecule has 2 atom stereocenters. The van der Waals surface area contributed by atoms with E-state index in [1.54, 1.807) is 21.3 Å². The van der Waals surface area contributed by atoms with Crippen molar-refractivity contribution in [3.63, 3.8) is 0 Å². The fourth-order valence-corrected chi connectivity index (χ4v) is 5.29. The largest absolute Gasteiger partial charge is 0.496 e. The number of aromatic nitrogens is 2. The first-order valence-electron chi connectivity index (χ1n) is 10.9. The normalized spacial score (nSPS) is 22.8. The van der Waals surface area contributed by atoms with Crippen LogP contribution in [0, 0.1) is 0 Å². The lowest BCUT2D eigenvalue weighted by molar-refractivity contribution is 0.164. The van der Waals surface area contributed by atoms with Crippen LogP contribution in [0.3, 0.4) is 0 Å². The molecule has 2 fully saturated rings. The zero-order chi connectivity index (χ0) is 20.7. The fourth-order valence-electron chi connectivity index (χ4n) is 5.29. The van der Waals surface area contributed by atoms with Gasteiger partial charge >= 0.3 is 0 Å². The molecule has 5 rings (SSSR count). The van der Waals surface area contributed by atoms with Crippen LogP contribution in [-0.2, 0) is 13.0 Å². The first-order chi connectivity index (χ1) is 14.7. The highest BCUT2D eigenvalue weighted by Gasteiger charge is 2.41.